The number of hydrogen-bond donors (Lipinski definition) is 1. The number of rotatable bonds is 2. The van der Waals surface area contributed by atoms with Crippen molar-refractivity contribution in [3.05, 3.63) is 6.33 Å². The van der Waals surface area contributed by atoms with Gasteiger partial charge < -0.3 is 15.2 Å². The van der Waals surface area contributed by atoms with Crippen molar-refractivity contribution in [1.82, 2.24) is 9.97 Å². The van der Waals surface area contributed by atoms with Crippen LogP contribution in [0.4, 0.5) is 5.82 Å². The van der Waals surface area contributed by atoms with E-state index in [1.807, 2.05) is 20.8 Å². The van der Waals surface area contributed by atoms with Gasteiger partial charge in [-0.1, -0.05) is 0 Å². The molecule has 0 spiro atoms. The van der Waals surface area contributed by atoms with Gasteiger partial charge in [-0.05, 0) is 20.8 Å². The molecule has 0 aliphatic heterocycles. The number of methoxy groups -OCH3 is 1. The summed E-state index contributed by atoms with van der Waals surface area (Å²) in [5.41, 5.74) is 5.26. The van der Waals surface area contributed by atoms with Crippen LogP contribution in [0.2, 0.25) is 0 Å². The molecule has 0 saturated heterocycles. The van der Waals surface area contributed by atoms with E-state index in [0.29, 0.717) is 11.6 Å². The maximum absolute atomic E-state index is 5.59. The van der Waals surface area contributed by atoms with Crippen LogP contribution in [-0.4, -0.2) is 22.7 Å². The van der Waals surface area contributed by atoms with Crippen LogP contribution >= 0.6 is 0 Å². The van der Waals surface area contributed by atoms with Gasteiger partial charge in [0.05, 0.1) is 7.11 Å². The quantitative estimate of drug-likeness (QED) is 0.772. The van der Waals surface area contributed by atoms with Crippen LogP contribution in [0.3, 0.4) is 0 Å². The van der Waals surface area contributed by atoms with Crippen LogP contribution in [0.15, 0.2) is 6.33 Å². The minimum Gasteiger partial charge on any atom is -0.489 e. The zero-order valence-electron chi connectivity index (χ0n) is 8.87. The molecule has 0 bridgehead atoms. The molecule has 0 atom stereocenters. The molecule has 0 unspecified atom stereocenters. The molecule has 0 saturated carbocycles. The van der Waals surface area contributed by atoms with Crippen LogP contribution < -0.4 is 15.2 Å². The molecule has 5 nitrogen and oxygen atoms in total. The first kappa shape index (κ1) is 10.6. The molecule has 0 aromatic carbocycles. The average Bonchev–Trinajstić information content (AvgIpc) is 2.01. The molecule has 0 radical (unpaired) electrons. The van der Waals surface area contributed by atoms with E-state index in [2.05, 4.69) is 9.97 Å². The first-order chi connectivity index (χ1) is 6.44. The lowest BCUT2D eigenvalue weighted by atomic mass is 10.2. The molecule has 0 fully saturated rings. The number of nitrogens with two attached hydrogens (primary N) is 1. The number of anilines is 1. The highest BCUT2D eigenvalue weighted by Crippen LogP contribution is 2.30. The van der Waals surface area contributed by atoms with E-state index in [1.165, 1.54) is 13.4 Å². The predicted molar refractivity (Wildman–Crippen MR) is 53.4 cm³/mol. The van der Waals surface area contributed by atoms with Crippen LogP contribution in [0.5, 0.6) is 11.6 Å². The van der Waals surface area contributed by atoms with Crippen molar-refractivity contribution in [1.29, 1.82) is 0 Å². The minimum atomic E-state index is -0.339. The molecule has 2 N–H and O–H groups in total. The zero-order valence-corrected chi connectivity index (χ0v) is 8.87. The highest BCUT2D eigenvalue weighted by Gasteiger charge is 2.18. The summed E-state index contributed by atoms with van der Waals surface area (Å²) in [6.45, 7) is 5.76. The lowest BCUT2D eigenvalue weighted by molar-refractivity contribution is 0.118. The van der Waals surface area contributed by atoms with Gasteiger partial charge in [0.2, 0.25) is 5.75 Å². The highest BCUT2D eigenvalue weighted by atomic mass is 16.5. The van der Waals surface area contributed by atoms with Gasteiger partial charge in [-0.25, -0.2) is 4.98 Å². The monoisotopic (exact) mass is 197 g/mol. The molecular formula is C9H15N3O2. The Morgan fingerprint density at radius 3 is 2.43 bits per heavy atom. The van der Waals surface area contributed by atoms with E-state index >= 15 is 0 Å². The Labute approximate surface area is 83.3 Å². The smallest absolute Gasteiger partial charge is 0.263 e. The van der Waals surface area contributed by atoms with Gasteiger partial charge in [-0.15, -0.1) is 0 Å². The Kier molecular flexibility index (Phi) is 2.78. The summed E-state index contributed by atoms with van der Waals surface area (Å²) in [6.07, 6.45) is 1.35. The standard InChI is InChI=1S/C9H15N3O2/c1-9(2,3)14-8-6(13-4)7(10)11-5-12-8/h5H,1-4H3,(H2,10,11,12). The molecule has 1 rings (SSSR count). The second-order valence-electron chi connectivity index (χ2n) is 3.81. The largest absolute Gasteiger partial charge is 0.489 e. The van der Waals surface area contributed by atoms with Gasteiger partial charge in [-0.2, -0.15) is 4.98 Å². The third kappa shape index (κ3) is 2.48. The summed E-state index contributed by atoms with van der Waals surface area (Å²) in [6, 6.07) is 0. The average molecular weight is 197 g/mol. The molecule has 78 valence electrons. The van der Waals surface area contributed by atoms with Crippen molar-refractivity contribution >= 4 is 5.82 Å². The second kappa shape index (κ2) is 3.69. The third-order valence-corrected chi connectivity index (χ3v) is 1.41. The van der Waals surface area contributed by atoms with Crippen LogP contribution in [0.25, 0.3) is 0 Å². The van der Waals surface area contributed by atoms with Crippen molar-refractivity contribution in [2.45, 2.75) is 26.4 Å². The Morgan fingerprint density at radius 2 is 1.93 bits per heavy atom. The second-order valence-corrected chi connectivity index (χ2v) is 3.81. The van der Waals surface area contributed by atoms with Gasteiger partial charge in [-0.3, -0.25) is 0 Å². The molecule has 14 heavy (non-hydrogen) atoms. The Hall–Kier alpha value is -1.52. The summed E-state index contributed by atoms with van der Waals surface area (Å²) < 4.78 is 10.6. The van der Waals surface area contributed by atoms with Gasteiger partial charge >= 0.3 is 0 Å². The maximum atomic E-state index is 5.59. The van der Waals surface area contributed by atoms with E-state index in [-0.39, 0.29) is 11.4 Å². The summed E-state index contributed by atoms with van der Waals surface area (Å²) >= 11 is 0. The summed E-state index contributed by atoms with van der Waals surface area (Å²) in [7, 11) is 1.50. The van der Waals surface area contributed by atoms with E-state index in [9.17, 15) is 0 Å². The molecule has 0 aliphatic rings. The van der Waals surface area contributed by atoms with Crippen molar-refractivity contribution in [3.8, 4) is 11.6 Å². The number of nitrogens with zero attached hydrogens (tertiary/aromatic N) is 2. The fourth-order valence-electron chi connectivity index (χ4n) is 0.925. The van der Waals surface area contributed by atoms with E-state index in [4.69, 9.17) is 15.2 Å². The minimum absolute atomic E-state index is 0.279. The van der Waals surface area contributed by atoms with Gasteiger partial charge in [0, 0.05) is 0 Å². The van der Waals surface area contributed by atoms with Gasteiger partial charge in [0.25, 0.3) is 5.88 Å². The molecule has 1 aromatic rings. The van der Waals surface area contributed by atoms with E-state index in [1.54, 1.807) is 0 Å². The van der Waals surface area contributed by atoms with E-state index in [0.717, 1.165) is 0 Å². The van der Waals surface area contributed by atoms with E-state index < -0.39 is 0 Å². The molecule has 0 aliphatic carbocycles. The fraction of sp³-hybridized carbons (Fsp3) is 0.556. The fourth-order valence-corrected chi connectivity index (χ4v) is 0.925. The number of hydrogen-bond acceptors (Lipinski definition) is 5. The lowest BCUT2D eigenvalue weighted by Crippen LogP contribution is -2.24. The third-order valence-electron chi connectivity index (χ3n) is 1.41. The summed E-state index contributed by atoms with van der Waals surface area (Å²) in [4.78, 5) is 7.76. The van der Waals surface area contributed by atoms with Crippen LogP contribution in [0, 0.1) is 0 Å². The predicted octanol–water partition coefficient (Wildman–Crippen LogP) is 1.24. The van der Waals surface area contributed by atoms with Crippen LogP contribution in [-0.2, 0) is 0 Å². The first-order valence-electron chi connectivity index (χ1n) is 4.27. The molecule has 1 aromatic heterocycles. The zero-order chi connectivity index (χ0) is 10.8. The lowest BCUT2D eigenvalue weighted by Gasteiger charge is -2.21. The van der Waals surface area contributed by atoms with Crippen LogP contribution in [0.1, 0.15) is 20.8 Å². The Morgan fingerprint density at radius 1 is 1.29 bits per heavy atom. The molecule has 0 amide bonds. The number of ether oxygens (including phenoxy) is 2. The van der Waals surface area contributed by atoms with Crippen molar-refractivity contribution in [2.75, 3.05) is 12.8 Å². The molecular weight excluding hydrogens is 182 g/mol. The number of nitrogen functional groups attached to an aromatic ring is 1. The van der Waals surface area contributed by atoms with Gasteiger partial charge in [0.15, 0.2) is 5.82 Å². The number of aromatic nitrogens is 2. The maximum Gasteiger partial charge on any atom is 0.263 e. The first-order valence-corrected chi connectivity index (χ1v) is 4.27. The Bertz CT molecular complexity index is 320. The topological polar surface area (TPSA) is 70.3 Å². The normalized spacial score (nSPS) is 11.1. The summed E-state index contributed by atoms with van der Waals surface area (Å²) in [5.74, 6) is 1.02. The SMILES string of the molecule is COc1c(N)ncnc1OC(C)(C)C. The van der Waals surface area contributed by atoms with Crippen molar-refractivity contribution < 1.29 is 9.47 Å². The molecule has 1 heterocycles. The molecule has 5 heteroatoms. The van der Waals surface area contributed by atoms with Gasteiger partial charge in [0.1, 0.15) is 11.9 Å². The Balaban J connectivity index is 3.02. The highest BCUT2D eigenvalue weighted by molar-refractivity contribution is 5.51. The van der Waals surface area contributed by atoms with Crippen molar-refractivity contribution in [3.63, 3.8) is 0 Å². The van der Waals surface area contributed by atoms with Crippen molar-refractivity contribution in [2.24, 2.45) is 0 Å². The summed E-state index contributed by atoms with van der Waals surface area (Å²) in [5, 5.41) is 0.